The van der Waals surface area contributed by atoms with Gasteiger partial charge in [-0.25, -0.2) is 0 Å². The lowest BCUT2D eigenvalue weighted by atomic mass is 9.39. The molecule has 4 aliphatic carbocycles. The van der Waals surface area contributed by atoms with Gasteiger partial charge in [-0.15, -0.1) is 0 Å². The van der Waals surface area contributed by atoms with Crippen molar-refractivity contribution in [1.29, 1.82) is 0 Å². The Morgan fingerprint density at radius 3 is 2.31 bits per heavy atom. The summed E-state index contributed by atoms with van der Waals surface area (Å²) in [5.41, 5.74) is 0.0202. The van der Waals surface area contributed by atoms with Crippen LogP contribution in [0, 0.1) is 45.3 Å². The van der Waals surface area contributed by atoms with Gasteiger partial charge in [0.15, 0.2) is 5.78 Å². The van der Waals surface area contributed by atoms with Gasteiger partial charge in [-0.1, -0.05) is 27.7 Å². The van der Waals surface area contributed by atoms with Crippen molar-refractivity contribution in [1.82, 2.24) is 0 Å². The van der Waals surface area contributed by atoms with E-state index in [9.17, 15) is 19.5 Å². The fourth-order valence-corrected chi connectivity index (χ4v) is 8.36. The quantitative estimate of drug-likeness (QED) is 0.703. The first kappa shape index (κ1) is 20.8. The van der Waals surface area contributed by atoms with Gasteiger partial charge >= 0.3 is 5.97 Å². The maximum Gasteiger partial charge on any atom is 0.306 e. The van der Waals surface area contributed by atoms with Crippen molar-refractivity contribution in [3.8, 4) is 0 Å². The predicted molar refractivity (Wildman–Crippen MR) is 111 cm³/mol. The number of aliphatic carboxylic acids is 1. The second kappa shape index (κ2) is 6.04. The fraction of sp³-hybridized carbons (Fsp3) is 0.800. The van der Waals surface area contributed by atoms with Crippen LogP contribution in [0.25, 0.3) is 0 Å². The lowest BCUT2D eigenvalue weighted by Crippen LogP contribution is -2.61. The Balaban J connectivity index is 1.82. The largest absolute Gasteiger partial charge is 0.481 e. The van der Waals surface area contributed by atoms with Gasteiger partial charge in [0.25, 0.3) is 0 Å². The third kappa shape index (κ3) is 2.41. The van der Waals surface area contributed by atoms with Gasteiger partial charge in [0.05, 0.1) is 5.92 Å². The number of carbonyl (C=O) groups excluding carboxylic acids is 2. The number of fused-ring (bicyclic) bond motifs is 5. The highest BCUT2D eigenvalue weighted by Gasteiger charge is 2.69. The number of allylic oxidation sites excluding steroid dienone is 2. The Hall–Kier alpha value is -1.45. The van der Waals surface area contributed by atoms with Crippen LogP contribution in [0.5, 0.6) is 0 Å². The van der Waals surface area contributed by atoms with Gasteiger partial charge in [0, 0.05) is 17.8 Å². The number of carbonyl (C=O) groups is 3. The van der Waals surface area contributed by atoms with E-state index in [0.29, 0.717) is 6.42 Å². The van der Waals surface area contributed by atoms with Gasteiger partial charge in [-0.2, -0.15) is 0 Å². The van der Waals surface area contributed by atoms with Crippen LogP contribution in [0.4, 0.5) is 0 Å². The number of carboxylic acids is 1. The summed E-state index contributed by atoms with van der Waals surface area (Å²) < 4.78 is 0. The first-order valence-corrected chi connectivity index (χ1v) is 11.3. The molecule has 0 aromatic carbocycles. The molecular formula is C25H36O4. The van der Waals surface area contributed by atoms with Crippen LogP contribution in [0.15, 0.2) is 11.6 Å². The molecule has 0 saturated heterocycles. The molecule has 0 spiro atoms. The van der Waals surface area contributed by atoms with E-state index in [1.807, 2.05) is 26.8 Å². The molecule has 3 saturated carbocycles. The zero-order valence-electron chi connectivity index (χ0n) is 18.8. The smallest absolute Gasteiger partial charge is 0.306 e. The normalized spacial score (nSPS) is 47.0. The standard InChI is InChI=1S/C25H36O4/c1-14(21(28)29)15-9-10-25(6)20-18(26)13-17-16(7-8-19(27)22(17,2)3)23(20,4)11-12-24(15,25)5/h13-16,20H,7-12H2,1-6H3,(H,28,29)/t14-,15-,16+,20+,23+,24-,25+/m1/s1. The minimum atomic E-state index is -0.724. The zero-order chi connectivity index (χ0) is 21.6. The second-order valence-electron chi connectivity index (χ2n) is 11.7. The summed E-state index contributed by atoms with van der Waals surface area (Å²) in [5.74, 6) is -0.387. The highest BCUT2D eigenvalue weighted by molar-refractivity contribution is 5.98. The number of hydrogen-bond acceptors (Lipinski definition) is 3. The molecule has 4 rings (SSSR count). The topological polar surface area (TPSA) is 71.4 Å². The van der Waals surface area contributed by atoms with E-state index in [1.165, 1.54) is 0 Å². The molecular weight excluding hydrogens is 364 g/mol. The second-order valence-corrected chi connectivity index (χ2v) is 11.7. The number of Topliss-reactive ketones (excluding diaryl/α,β-unsaturated/α-hetero) is 1. The van der Waals surface area contributed by atoms with Gasteiger partial charge in [-0.3, -0.25) is 14.4 Å². The van der Waals surface area contributed by atoms with Crippen molar-refractivity contribution in [3.63, 3.8) is 0 Å². The van der Waals surface area contributed by atoms with E-state index < -0.39 is 11.4 Å². The van der Waals surface area contributed by atoms with E-state index in [0.717, 1.165) is 37.7 Å². The van der Waals surface area contributed by atoms with Gasteiger partial charge < -0.3 is 5.11 Å². The Kier molecular flexibility index (Phi) is 4.34. The molecule has 0 radical (unpaired) electrons. The third-order valence-electron chi connectivity index (χ3n) is 10.4. The average Bonchev–Trinajstić information content (AvgIpc) is 2.89. The Morgan fingerprint density at radius 1 is 1.03 bits per heavy atom. The summed E-state index contributed by atoms with van der Waals surface area (Å²) in [6.07, 6.45) is 6.96. The summed E-state index contributed by atoms with van der Waals surface area (Å²) >= 11 is 0. The van der Waals surface area contributed by atoms with Crippen molar-refractivity contribution in [3.05, 3.63) is 11.6 Å². The SMILES string of the molecule is C[C@@H](C(=O)O)[C@H]1CC[C@@]2(C)[C@H]3C(=O)C=C4[C@H](CCC(=O)C4(C)C)[C@]3(C)CC[C@]12C. The molecule has 0 aliphatic heterocycles. The molecule has 3 fully saturated rings. The van der Waals surface area contributed by atoms with E-state index >= 15 is 0 Å². The van der Waals surface area contributed by atoms with E-state index in [4.69, 9.17) is 0 Å². The monoisotopic (exact) mass is 400 g/mol. The van der Waals surface area contributed by atoms with Gasteiger partial charge in [0.1, 0.15) is 5.78 Å². The van der Waals surface area contributed by atoms with Crippen LogP contribution in [0.1, 0.15) is 80.1 Å². The van der Waals surface area contributed by atoms with Crippen LogP contribution in [-0.2, 0) is 14.4 Å². The van der Waals surface area contributed by atoms with Crippen molar-refractivity contribution in [2.45, 2.75) is 80.1 Å². The van der Waals surface area contributed by atoms with Crippen LogP contribution in [-0.4, -0.2) is 22.6 Å². The Labute approximate surface area is 174 Å². The molecule has 0 aromatic heterocycles. The lowest BCUT2D eigenvalue weighted by molar-refractivity contribution is -0.166. The van der Waals surface area contributed by atoms with Gasteiger partial charge in [0.2, 0.25) is 0 Å². The minimum absolute atomic E-state index is 0.0857. The summed E-state index contributed by atoms with van der Waals surface area (Å²) in [5, 5.41) is 9.69. The zero-order valence-corrected chi connectivity index (χ0v) is 18.8. The molecule has 29 heavy (non-hydrogen) atoms. The molecule has 0 heterocycles. The number of ketones is 2. The summed E-state index contributed by atoms with van der Waals surface area (Å²) in [4.78, 5) is 38.1. The molecule has 0 bridgehead atoms. The maximum absolute atomic E-state index is 13.7. The molecule has 4 heteroatoms. The first-order chi connectivity index (χ1) is 13.3. The van der Waals surface area contributed by atoms with Gasteiger partial charge in [-0.05, 0) is 85.7 Å². The average molecular weight is 401 g/mol. The van der Waals surface area contributed by atoms with Crippen molar-refractivity contribution >= 4 is 17.5 Å². The molecule has 4 nitrogen and oxygen atoms in total. The summed E-state index contributed by atoms with van der Waals surface area (Å²) in [6, 6.07) is 0. The molecule has 0 amide bonds. The fourth-order valence-electron chi connectivity index (χ4n) is 8.36. The molecule has 1 N–H and O–H groups in total. The molecule has 160 valence electrons. The summed E-state index contributed by atoms with van der Waals surface area (Å²) in [6.45, 7) is 12.6. The number of rotatable bonds is 2. The highest BCUT2D eigenvalue weighted by atomic mass is 16.4. The van der Waals surface area contributed by atoms with Crippen molar-refractivity contribution in [2.75, 3.05) is 0 Å². The lowest BCUT2D eigenvalue weighted by Gasteiger charge is -2.64. The van der Waals surface area contributed by atoms with E-state index in [1.54, 1.807) is 0 Å². The van der Waals surface area contributed by atoms with Crippen LogP contribution >= 0.6 is 0 Å². The first-order valence-electron chi connectivity index (χ1n) is 11.3. The predicted octanol–water partition coefficient (Wildman–Crippen LogP) is 5.06. The molecule has 4 aliphatic rings. The third-order valence-corrected chi connectivity index (χ3v) is 10.4. The van der Waals surface area contributed by atoms with E-state index in [2.05, 4.69) is 20.8 Å². The summed E-state index contributed by atoms with van der Waals surface area (Å²) in [7, 11) is 0. The molecule has 0 unspecified atom stereocenters. The Morgan fingerprint density at radius 2 is 1.69 bits per heavy atom. The van der Waals surface area contributed by atoms with Crippen molar-refractivity contribution < 1.29 is 19.5 Å². The molecule has 0 aromatic rings. The van der Waals surface area contributed by atoms with Crippen LogP contribution < -0.4 is 0 Å². The number of hydrogen-bond donors (Lipinski definition) is 1. The van der Waals surface area contributed by atoms with Crippen molar-refractivity contribution in [2.24, 2.45) is 45.3 Å². The molecule has 7 atom stereocenters. The van der Waals surface area contributed by atoms with Crippen LogP contribution in [0.2, 0.25) is 0 Å². The van der Waals surface area contributed by atoms with E-state index in [-0.39, 0.29) is 51.5 Å². The maximum atomic E-state index is 13.7. The number of carboxylic acid groups (broad SMARTS) is 1. The van der Waals surface area contributed by atoms with Crippen LogP contribution in [0.3, 0.4) is 0 Å². The highest BCUT2D eigenvalue weighted by Crippen LogP contribution is 2.74. The minimum Gasteiger partial charge on any atom is -0.481 e. The Bertz CT molecular complexity index is 823.